The molecule has 2 aliphatic rings. The summed E-state index contributed by atoms with van der Waals surface area (Å²) in [6.07, 6.45) is 1.61. The average Bonchev–Trinajstić information content (AvgIpc) is 2.98. The Hall–Kier alpha value is -3.74. The summed E-state index contributed by atoms with van der Waals surface area (Å²) >= 11 is 6.13. The second-order valence-electron chi connectivity index (χ2n) is 8.73. The minimum absolute atomic E-state index is 0.0554. The molecular formula is C26H29ClFN7O4. The van der Waals surface area contributed by atoms with Gasteiger partial charge in [-0.2, -0.15) is 20.1 Å². The van der Waals surface area contributed by atoms with Gasteiger partial charge in [0.05, 0.1) is 44.8 Å². The van der Waals surface area contributed by atoms with E-state index in [0.717, 1.165) is 0 Å². The van der Waals surface area contributed by atoms with E-state index in [1.54, 1.807) is 30.5 Å². The van der Waals surface area contributed by atoms with Crippen molar-refractivity contribution < 1.29 is 23.3 Å². The van der Waals surface area contributed by atoms with Crippen molar-refractivity contribution in [3.05, 3.63) is 58.4 Å². The van der Waals surface area contributed by atoms with E-state index in [1.165, 1.54) is 13.2 Å². The van der Waals surface area contributed by atoms with Crippen LogP contribution in [0.2, 0.25) is 5.02 Å². The van der Waals surface area contributed by atoms with Gasteiger partial charge in [0, 0.05) is 31.7 Å². The highest BCUT2D eigenvalue weighted by Gasteiger charge is 2.20. The van der Waals surface area contributed by atoms with Crippen LogP contribution in [0.3, 0.4) is 0 Å². The van der Waals surface area contributed by atoms with Crippen LogP contribution in [0.25, 0.3) is 0 Å². The molecule has 0 radical (unpaired) electrons. The number of hydrazone groups is 1. The first-order chi connectivity index (χ1) is 19.1. The SMILES string of the molecule is COc1ccc(/C=N\Nc2nc(N3CCOCC3)nc(N3CCOCC3)n2)cc1OCc1c(F)cccc1Cl. The van der Waals surface area contributed by atoms with E-state index in [9.17, 15) is 4.39 Å². The van der Waals surface area contributed by atoms with Crippen molar-refractivity contribution in [1.29, 1.82) is 0 Å². The van der Waals surface area contributed by atoms with Gasteiger partial charge < -0.3 is 28.7 Å². The number of morpholine rings is 2. The standard InChI is InChI=1S/C26H29ClFN7O4/c1-36-22-6-5-18(15-23(22)39-17-19-20(27)3-2-4-21(19)28)16-29-33-24-30-25(34-7-11-37-12-8-34)32-26(31-24)35-9-13-38-14-10-35/h2-6,15-16H,7-14,17H2,1H3,(H,30,31,32,33)/b29-16-. The van der Waals surface area contributed by atoms with E-state index >= 15 is 0 Å². The monoisotopic (exact) mass is 557 g/mol. The molecule has 206 valence electrons. The molecule has 1 aromatic heterocycles. The van der Waals surface area contributed by atoms with Crippen LogP contribution >= 0.6 is 11.6 Å². The molecule has 0 spiro atoms. The highest BCUT2D eigenvalue weighted by atomic mass is 35.5. The first kappa shape index (κ1) is 26.9. The summed E-state index contributed by atoms with van der Waals surface area (Å²) in [7, 11) is 1.53. The number of benzene rings is 2. The molecule has 3 heterocycles. The van der Waals surface area contributed by atoms with Crippen molar-refractivity contribution in [3.63, 3.8) is 0 Å². The number of methoxy groups -OCH3 is 1. The zero-order valence-electron chi connectivity index (χ0n) is 21.5. The minimum atomic E-state index is -0.436. The number of hydrogen-bond acceptors (Lipinski definition) is 11. The van der Waals surface area contributed by atoms with Crippen LogP contribution in [0, 0.1) is 5.82 Å². The van der Waals surface area contributed by atoms with E-state index < -0.39 is 5.82 Å². The Balaban J connectivity index is 1.32. The molecule has 0 amide bonds. The third kappa shape index (κ3) is 6.83. The zero-order valence-corrected chi connectivity index (χ0v) is 22.2. The molecule has 2 aromatic carbocycles. The van der Waals surface area contributed by atoms with E-state index in [4.69, 9.17) is 35.5 Å². The smallest absolute Gasteiger partial charge is 0.250 e. The average molecular weight is 558 g/mol. The lowest BCUT2D eigenvalue weighted by Crippen LogP contribution is -2.40. The molecule has 39 heavy (non-hydrogen) atoms. The van der Waals surface area contributed by atoms with E-state index in [1.807, 2.05) is 6.07 Å². The van der Waals surface area contributed by atoms with E-state index in [0.29, 0.717) is 92.5 Å². The quantitative estimate of drug-likeness (QED) is 0.311. The summed E-state index contributed by atoms with van der Waals surface area (Å²) in [6, 6.07) is 9.81. The predicted molar refractivity (Wildman–Crippen MR) is 146 cm³/mol. The number of nitrogens with zero attached hydrogens (tertiary/aromatic N) is 6. The van der Waals surface area contributed by atoms with Gasteiger partial charge in [-0.3, -0.25) is 0 Å². The zero-order chi connectivity index (χ0) is 27.0. The summed E-state index contributed by atoms with van der Waals surface area (Å²) in [5.74, 6) is 1.94. The van der Waals surface area contributed by atoms with Crippen LogP contribution in [0.5, 0.6) is 11.5 Å². The molecule has 0 saturated carbocycles. The Kier molecular flexibility index (Phi) is 8.86. The molecule has 13 heteroatoms. The molecule has 0 unspecified atom stereocenters. The molecule has 3 aromatic rings. The molecule has 2 saturated heterocycles. The predicted octanol–water partition coefficient (Wildman–Crippen LogP) is 3.37. The highest BCUT2D eigenvalue weighted by Crippen LogP contribution is 2.30. The van der Waals surface area contributed by atoms with Gasteiger partial charge in [0.2, 0.25) is 17.8 Å². The van der Waals surface area contributed by atoms with Crippen molar-refractivity contribution in [1.82, 2.24) is 15.0 Å². The second kappa shape index (κ2) is 12.9. The molecule has 5 rings (SSSR count). The topological polar surface area (TPSA) is 106 Å². The van der Waals surface area contributed by atoms with Crippen molar-refractivity contribution >= 4 is 35.7 Å². The Morgan fingerprint density at radius 3 is 2.26 bits per heavy atom. The maximum Gasteiger partial charge on any atom is 0.250 e. The molecule has 1 N–H and O–H groups in total. The number of rotatable bonds is 9. The number of anilines is 3. The Morgan fingerprint density at radius 2 is 1.64 bits per heavy atom. The minimum Gasteiger partial charge on any atom is -0.493 e. The van der Waals surface area contributed by atoms with Crippen LogP contribution in [0.1, 0.15) is 11.1 Å². The van der Waals surface area contributed by atoms with Gasteiger partial charge >= 0.3 is 0 Å². The lowest BCUT2D eigenvalue weighted by atomic mass is 10.2. The van der Waals surface area contributed by atoms with Crippen molar-refractivity contribution in [2.75, 3.05) is 74.9 Å². The number of nitrogens with one attached hydrogen (secondary N) is 1. The van der Waals surface area contributed by atoms with Gasteiger partial charge in [-0.15, -0.1) is 0 Å². The molecule has 0 atom stereocenters. The molecule has 0 aliphatic carbocycles. The highest BCUT2D eigenvalue weighted by molar-refractivity contribution is 6.31. The largest absolute Gasteiger partial charge is 0.493 e. The first-order valence-electron chi connectivity index (χ1n) is 12.5. The van der Waals surface area contributed by atoms with Gasteiger partial charge in [-0.1, -0.05) is 17.7 Å². The number of aromatic nitrogens is 3. The second-order valence-corrected chi connectivity index (χ2v) is 9.13. The maximum atomic E-state index is 14.2. The van der Waals surface area contributed by atoms with E-state index in [-0.39, 0.29) is 12.2 Å². The van der Waals surface area contributed by atoms with Gasteiger partial charge in [-0.25, -0.2) is 9.82 Å². The first-order valence-corrected chi connectivity index (χ1v) is 12.9. The van der Waals surface area contributed by atoms with Crippen LogP contribution in [-0.2, 0) is 16.1 Å². The van der Waals surface area contributed by atoms with Gasteiger partial charge in [0.15, 0.2) is 11.5 Å². The lowest BCUT2D eigenvalue weighted by molar-refractivity contribution is 0.121. The normalized spacial score (nSPS) is 16.0. The fourth-order valence-corrected chi connectivity index (χ4v) is 4.30. The van der Waals surface area contributed by atoms with Crippen molar-refractivity contribution in [2.24, 2.45) is 5.10 Å². The third-order valence-electron chi connectivity index (χ3n) is 6.20. The number of ether oxygens (including phenoxy) is 4. The van der Waals surface area contributed by atoms with Crippen LogP contribution in [-0.4, -0.2) is 80.9 Å². The third-order valence-corrected chi connectivity index (χ3v) is 6.55. The molecule has 0 bridgehead atoms. The Bertz CT molecular complexity index is 1250. The molecule has 2 aliphatic heterocycles. The van der Waals surface area contributed by atoms with Gasteiger partial charge in [0.25, 0.3) is 0 Å². The van der Waals surface area contributed by atoms with Crippen LogP contribution < -0.4 is 24.7 Å². The summed E-state index contributed by atoms with van der Waals surface area (Å²) < 4.78 is 36.4. The number of halogens is 2. The summed E-state index contributed by atoms with van der Waals surface area (Å²) in [6.45, 7) is 5.19. The van der Waals surface area contributed by atoms with E-state index in [2.05, 4.69) is 30.3 Å². The Morgan fingerprint density at radius 1 is 0.974 bits per heavy atom. The summed E-state index contributed by atoms with van der Waals surface area (Å²) in [5, 5.41) is 4.63. The van der Waals surface area contributed by atoms with Gasteiger partial charge in [0.1, 0.15) is 12.4 Å². The van der Waals surface area contributed by atoms with Crippen molar-refractivity contribution in [3.8, 4) is 11.5 Å². The van der Waals surface area contributed by atoms with Crippen LogP contribution in [0.4, 0.5) is 22.2 Å². The molecule has 11 nitrogen and oxygen atoms in total. The maximum absolute atomic E-state index is 14.2. The Labute approximate surface area is 230 Å². The summed E-state index contributed by atoms with van der Waals surface area (Å²) in [4.78, 5) is 18.0. The fourth-order valence-electron chi connectivity index (χ4n) is 4.08. The fraction of sp³-hybridized carbons (Fsp3) is 0.385. The molecule has 2 fully saturated rings. The summed E-state index contributed by atoms with van der Waals surface area (Å²) in [5.41, 5.74) is 3.91. The number of hydrogen-bond donors (Lipinski definition) is 1. The van der Waals surface area contributed by atoms with Gasteiger partial charge in [-0.05, 0) is 35.9 Å². The lowest BCUT2D eigenvalue weighted by Gasteiger charge is -2.30. The van der Waals surface area contributed by atoms with Crippen LogP contribution in [0.15, 0.2) is 41.5 Å². The van der Waals surface area contributed by atoms with Crippen molar-refractivity contribution in [2.45, 2.75) is 6.61 Å². The molecular weight excluding hydrogens is 529 g/mol.